The molecule has 0 spiro atoms. The van der Waals surface area contributed by atoms with Gasteiger partial charge < -0.3 is 5.32 Å². The van der Waals surface area contributed by atoms with Gasteiger partial charge in [-0.3, -0.25) is 14.3 Å². The number of nitrogens with zero attached hydrogens (tertiary/aromatic N) is 4. The molecule has 2 aromatic heterocycles. The summed E-state index contributed by atoms with van der Waals surface area (Å²) in [5.41, 5.74) is 1.01. The van der Waals surface area contributed by atoms with Crippen LogP contribution in [0.2, 0.25) is 0 Å². The van der Waals surface area contributed by atoms with Crippen molar-refractivity contribution >= 4 is 17.7 Å². The molecule has 2 aromatic rings. The normalized spacial score (nSPS) is 15.5. The number of rotatable bonds is 7. The van der Waals surface area contributed by atoms with Crippen molar-refractivity contribution in [2.45, 2.75) is 50.9 Å². The molecule has 24 heavy (non-hydrogen) atoms. The largest absolute Gasteiger partial charge is 0.353 e. The minimum absolute atomic E-state index is 0.0389. The Hall–Kier alpha value is -1.89. The summed E-state index contributed by atoms with van der Waals surface area (Å²) in [7, 11) is 0. The highest BCUT2D eigenvalue weighted by Gasteiger charge is 2.30. The fourth-order valence-corrected chi connectivity index (χ4v) is 3.14. The van der Waals surface area contributed by atoms with Gasteiger partial charge in [-0.1, -0.05) is 25.6 Å². The first-order valence-electron chi connectivity index (χ1n) is 8.33. The van der Waals surface area contributed by atoms with Gasteiger partial charge in [0.25, 0.3) is 0 Å². The van der Waals surface area contributed by atoms with Crippen LogP contribution < -0.4 is 5.32 Å². The van der Waals surface area contributed by atoms with Crippen molar-refractivity contribution in [2.75, 3.05) is 5.75 Å². The highest BCUT2D eigenvalue weighted by molar-refractivity contribution is 7.99. The van der Waals surface area contributed by atoms with E-state index in [1.54, 1.807) is 12.4 Å². The van der Waals surface area contributed by atoms with Crippen LogP contribution in [0.4, 0.5) is 0 Å². The second-order valence-corrected chi connectivity index (χ2v) is 7.47. The zero-order chi connectivity index (χ0) is 17.1. The van der Waals surface area contributed by atoms with E-state index in [0.717, 1.165) is 29.4 Å². The van der Waals surface area contributed by atoms with Crippen molar-refractivity contribution in [1.82, 2.24) is 25.1 Å². The first-order chi connectivity index (χ1) is 11.6. The molecule has 128 valence electrons. The lowest BCUT2D eigenvalue weighted by Crippen LogP contribution is -2.37. The lowest BCUT2D eigenvalue weighted by molar-refractivity contribution is -0.119. The van der Waals surface area contributed by atoms with Crippen LogP contribution in [-0.2, 0) is 4.79 Å². The number of nitrogens with one attached hydrogen (secondary N) is 1. The zero-order valence-electron chi connectivity index (χ0n) is 14.3. The predicted octanol–water partition coefficient (Wildman–Crippen LogP) is 2.93. The molecule has 1 fully saturated rings. The van der Waals surface area contributed by atoms with Crippen LogP contribution in [0.15, 0.2) is 29.7 Å². The van der Waals surface area contributed by atoms with Crippen molar-refractivity contribution in [3.63, 3.8) is 0 Å². The number of hydrogen-bond donors (Lipinski definition) is 1. The molecule has 7 heteroatoms. The van der Waals surface area contributed by atoms with Crippen LogP contribution in [0.5, 0.6) is 0 Å². The number of hydrogen-bond acceptors (Lipinski definition) is 5. The molecule has 1 aliphatic carbocycles. The van der Waals surface area contributed by atoms with E-state index >= 15 is 0 Å². The van der Waals surface area contributed by atoms with E-state index in [1.807, 2.05) is 19.1 Å². The SMILES string of the molecule is CC(C)[C@H](C)NC(=O)CSc1nnc(-c2ccncc2)n1C1CC1. The summed E-state index contributed by atoms with van der Waals surface area (Å²) in [5.74, 6) is 1.68. The van der Waals surface area contributed by atoms with Crippen molar-refractivity contribution in [3.8, 4) is 11.4 Å². The van der Waals surface area contributed by atoms with E-state index in [9.17, 15) is 4.79 Å². The summed E-state index contributed by atoms with van der Waals surface area (Å²) in [6, 6.07) is 4.50. The Balaban J connectivity index is 1.70. The summed E-state index contributed by atoms with van der Waals surface area (Å²) in [6.45, 7) is 6.23. The standard InChI is InChI=1S/C17H23N5OS/c1-11(2)12(3)19-15(23)10-24-17-21-20-16(22(17)14-4-5-14)13-6-8-18-9-7-13/h6-9,11-12,14H,4-5,10H2,1-3H3,(H,19,23)/t12-/m0/s1. The molecular weight excluding hydrogens is 322 g/mol. The zero-order valence-corrected chi connectivity index (χ0v) is 15.1. The lowest BCUT2D eigenvalue weighted by Gasteiger charge is -2.17. The molecule has 1 aliphatic rings. The Morgan fingerprint density at radius 1 is 1.29 bits per heavy atom. The summed E-state index contributed by atoms with van der Waals surface area (Å²) in [5, 5.41) is 12.5. The van der Waals surface area contributed by atoms with E-state index in [1.165, 1.54) is 11.8 Å². The topological polar surface area (TPSA) is 72.7 Å². The molecule has 0 aliphatic heterocycles. The van der Waals surface area contributed by atoms with Gasteiger partial charge in [0.15, 0.2) is 11.0 Å². The van der Waals surface area contributed by atoms with Gasteiger partial charge in [-0.25, -0.2) is 0 Å². The molecule has 1 N–H and O–H groups in total. The Morgan fingerprint density at radius 3 is 2.62 bits per heavy atom. The van der Waals surface area contributed by atoms with Crippen LogP contribution in [0.3, 0.4) is 0 Å². The van der Waals surface area contributed by atoms with Gasteiger partial charge in [-0.05, 0) is 37.8 Å². The smallest absolute Gasteiger partial charge is 0.230 e. The molecule has 1 atom stereocenters. The van der Waals surface area contributed by atoms with Gasteiger partial charge in [0, 0.05) is 30.0 Å². The first-order valence-corrected chi connectivity index (χ1v) is 9.32. The number of carbonyl (C=O) groups is 1. The highest BCUT2D eigenvalue weighted by atomic mass is 32.2. The maximum Gasteiger partial charge on any atom is 0.230 e. The highest BCUT2D eigenvalue weighted by Crippen LogP contribution is 2.40. The Kier molecular flexibility index (Phi) is 5.18. The molecule has 2 heterocycles. The van der Waals surface area contributed by atoms with Gasteiger partial charge >= 0.3 is 0 Å². The molecule has 0 bridgehead atoms. The Morgan fingerprint density at radius 2 is 2.00 bits per heavy atom. The number of amides is 1. The summed E-state index contributed by atoms with van der Waals surface area (Å²) in [4.78, 5) is 16.2. The Bertz CT molecular complexity index is 696. The third-order valence-corrected chi connectivity index (χ3v) is 5.18. The minimum atomic E-state index is 0.0389. The fourth-order valence-electron chi connectivity index (χ4n) is 2.33. The quantitative estimate of drug-likeness (QED) is 0.781. The van der Waals surface area contributed by atoms with Crippen LogP contribution in [-0.4, -0.2) is 37.5 Å². The molecule has 0 saturated heterocycles. The van der Waals surface area contributed by atoms with Crippen molar-refractivity contribution < 1.29 is 4.79 Å². The average molecular weight is 345 g/mol. The average Bonchev–Trinajstić information content (AvgIpc) is 3.33. The summed E-state index contributed by atoms with van der Waals surface area (Å²) < 4.78 is 2.17. The van der Waals surface area contributed by atoms with E-state index in [4.69, 9.17) is 0 Å². The third-order valence-electron chi connectivity index (χ3n) is 4.24. The monoisotopic (exact) mass is 345 g/mol. The molecule has 1 saturated carbocycles. The van der Waals surface area contributed by atoms with Gasteiger partial charge in [0.1, 0.15) is 0 Å². The van der Waals surface area contributed by atoms with Gasteiger partial charge in [-0.15, -0.1) is 10.2 Å². The summed E-state index contributed by atoms with van der Waals surface area (Å²) in [6.07, 6.45) is 5.80. The summed E-state index contributed by atoms with van der Waals surface area (Å²) >= 11 is 1.45. The number of pyridine rings is 1. The lowest BCUT2D eigenvalue weighted by atomic mass is 10.1. The van der Waals surface area contributed by atoms with Crippen LogP contribution >= 0.6 is 11.8 Å². The fraction of sp³-hybridized carbons (Fsp3) is 0.529. The maximum atomic E-state index is 12.1. The molecule has 0 radical (unpaired) electrons. The van der Waals surface area contributed by atoms with Gasteiger partial charge in [0.2, 0.25) is 5.91 Å². The molecule has 6 nitrogen and oxygen atoms in total. The minimum Gasteiger partial charge on any atom is -0.353 e. The molecule has 3 rings (SSSR count). The van der Waals surface area contributed by atoms with E-state index < -0.39 is 0 Å². The first kappa shape index (κ1) is 17.0. The Labute approximate surface area is 146 Å². The van der Waals surface area contributed by atoms with Gasteiger partial charge in [-0.2, -0.15) is 0 Å². The molecule has 0 aromatic carbocycles. The number of carbonyl (C=O) groups excluding carboxylic acids is 1. The maximum absolute atomic E-state index is 12.1. The predicted molar refractivity (Wildman–Crippen MR) is 94.7 cm³/mol. The molecular formula is C17H23N5OS. The van der Waals surface area contributed by atoms with Crippen LogP contribution in [0, 0.1) is 5.92 Å². The van der Waals surface area contributed by atoms with Crippen LogP contribution in [0.1, 0.15) is 39.7 Å². The second kappa shape index (κ2) is 7.34. The number of thioether (sulfide) groups is 1. The van der Waals surface area contributed by atoms with E-state index in [-0.39, 0.29) is 11.9 Å². The van der Waals surface area contributed by atoms with Crippen molar-refractivity contribution in [3.05, 3.63) is 24.5 Å². The number of aromatic nitrogens is 4. The van der Waals surface area contributed by atoms with Crippen molar-refractivity contribution in [2.24, 2.45) is 5.92 Å². The molecule has 0 unspecified atom stereocenters. The molecule has 1 amide bonds. The van der Waals surface area contributed by atoms with E-state index in [2.05, 4.69) is 38.9 Å². The van der Waals surface area contributed by atoms with Gasteiger partial charge in [0.05, 0.1) is 5.75 Å². The second-order valence-electron chi connectivity index (χ2n) is 6.53. The third kappa shape index (κ3) is 3.95. The van der Waals surface area contributed by atoms with E-state index in [0.29, 0.717) is 17.7 Å². The van der Waals surface area contributed by atoms with Crippen molar-refractivity contribution in [1.29, 1.82) is 0 Å². The van der Waals surface area contributed by atoms with Crippen LogP contribution in [0.25, 0.3) is 11.4 Å².